The Balaban J connectivity index is 1.73. The van der Waals surface area contributed by atoms with E-state index in [4.69, 9.17) is 10.5 Å². The van der Waals surface area contributed by atoms with Crippen LogP contribution in [-0.2, 0) is 20.7 Å². The Labute approximate surface area is 175 Å². The van der Waals surface area contributed by atoms with Crippen LogP contribution in [0.2, 0.25) is 0 Å². The van der Waals surface area contributed by atoms with E-state index >= 15 is 0 Å². The molecule has 1 aromatic carbocycles. The second-order valence-corrected chi connectivity index (χ2v) is 7.27. The first-order chi connectivity index (χ1) is 14.4. The van der Waals surface area contributed by atoms with Crippen LogP contribution in [0.3, 0.4) is 0 Å². The maximum Gasteiger partial charge on any atom is 0.324 e. The number of hydrogen-bond acceptors (Lipinski definition) is 6. The third-order valence-electron chi connectivity index (χ3n) is 5.19. The van der Waals surface area contributed by atoms with Gasteiger partial charge < -0.3 is 15.8 Å². The Hall–Kier alpha value is -3.42. The number of likely N-dealkylation sites (tertiary alicyclic amines) is 1. The smallest absolute Gasteiger partial charge is 0.324 e. The lowest BCUT2D eigenvalue weighted by molar-refractivity contribution is -0.156. The molecule has 0 unspecified atom stereocenters. The van der Waals surface area contributed by atoms with Gasteiger partial charge in [0, 0.05) is 6.20 Å². The highest BCUT2D eigenvalue weighted by Crippen LogP contribution is 2.33. The minimum Gasteiger partial charge on any atom is -0.466 e. The number of β-lactam (4-membered cyclic amide) rings is 1. The average Bonchev–Trinajstić information content (AvgIpc) is 2.72. The van der Waals surface area contributed by atoms with Gasteiger partial charge in [-0.25, -0.2) is 9.78 Å². The molecule has 8 nitrogen and oxygen atoms in total. The van der Waals surface area contributed by atoms with Crippen LogP contribution in [0.25, 0.3) is 0 Å². The molecular formula is C22H26N4O4. The summed E-state index contributed by atoms with van der Waals surface area (Å²) in [7, 11) is 0. The van der Waals surface area contributed by atoms with Crippen molar-refractivity contribution in [2.75, 3.05) is 12.3 Å². The topological polar surface area (TPSA) is 115 Å². The zero-order valence-corrected chi connectivity index (χ0v) is 17.1. The molecular weight excluding hydrogens is 384 g/mol. The van der Waals surface area contributed by atoms with Crippen molar-refractivity contribution < 1.29 is 19.1 Å². The molecule has 0 aliphatic carbocycles. The Kier molecular flexibility index (Phi) is 6.66. The second-order valence-electron chi connectivity index (χ2n) is 7.27. The highest BCUT2D eigenvalue weighted by molar-refractivity contribution is 6.02. The van der Waals surface area contributed by atoms with Crippen LogP contribution in [-0.4, -0.2) is 40.4 Å². The molecule has 0 saturated carbocycles. The predicted octanol–water partition coefficient (Wildman–Crippen LogP) is 2.46. The van der Waals surface area contributed by atoms with Crippen LogP contribution in [0.4, 0.5) is 10.6 Å². The zero-order valence-electron chi connectivity index (χ0n) is 17.1. The van der Waals surface area contributed by atoms with Gasteiger partial charge in [-0.15, -0.1) is 0 Å². The Morgan fingerprint density at radius 1 is 1.27 bits per heavy atom. The van der Waals surface area contributed by atoms with Crippen LogP contribution >= 0.6 is 0 Å². The van der Waals surface area contributed by atoms with Gasteiger partial charge in [-0.2, -0.15) is 0 Å². The highest BCUT2D eigenvalue weighted by Gasteiger charge is 2.51. The van der Waals surface area contributed by atoms with E-state index in [1.54, 1.807) is 25.3 Å². The number of ether oxygens (including phenoxy) is 1. The maximum atomic E-state index is 12.8. The van der Waals surface area contributed by atoms with Gasteiger partial charge in [-0.3, -0.25) is 14.5 Å². The summed E-state index contributed by atoms with van der Waals surface area (Å²) in [5, 5.41) is 2.84. The number of anilines is 1. The van der Waals surface area contributed by atoms with Crippen molar-refractivity contribution in [3.05, 3.63) is 59.8 Å². The number of rotatable bonds is 7. The monoisotopic (exact) mass is 410 g/mol. The van der Waals surface area contributed by atoms with Gasteiger partial charge in [0.2, 0.25) is 5.91 Å². The van der Waals surface area contributed by atoms with E-state index < -0.39 is 24.0 Å². The van der Waals surface area contributed by atoms with Crippen molar-refractivity contribution in [3.63, 3.8) is 0 Å². The van der Waals surface area contributed by atoms with Gasteiger partial charge in [0.05, 0.1) is 31.0 Å². The summed E-state index contributed by atoms with van der Waals surface area (Å²) in [6.07, 6.45) is 1.89. The van der Waals surface area contributed by atoms with E-state index in [9.17, 15) is 14.4 Å². The summed E-state index contributed by atoms with van der Waals surface area (Å²) < 4.78 is 5.04. The number of carbonyl (C=O) groups excluding carboxylic acids is 3. The summed E-state index contributed by atoms with van der Waals surface area (Å²) in [5.74, 6) is -0.915. The normalized spacial score (nSPS) is 19.0. The third-order valence-corrected chi connectivity index (χ3v) is 5.19. The van der Waals surface area contributed by atoms with Crippen molar-refractivity contribution in [1.29, 1.82) is 0 Å². The lowest BCUT2D eigenvalue weighted by Crippen LogP contribution is -2.66. The SMILES string of the molecule is CCOC(=O)C[C@@H]1[C@@H](Cc2ccnc(N)c2)C(=O)N1C(=O)N[C@H](C)c1ccccc1. The number of nitrogen functional groups attached to an aromatic ring is 1. The molecule has 158 valence electrons. The van der Waals surface area contributed by atoms with Crippen LogP contribution < -0.4 is 11.1 Å². The number of pyridine rings is 1. The fourth-order valence-corrected chi connectivity index (χ4v) is 3.66. The molecule has 2 aromatic rings. The summed E-state index contributed by atoms with van der Waals surface area (Å²) in [6, 6.07) is 11.5. The number of nitrogens with one attached hydrogen (secondary N) is 1. The summed E-state index contributed by atoms with van der Waals surface area (Å²) in [5.41, 5.74) is 7.47. The number of benzene rings is 1. The zero-order chi connectivity index (χ0) is 21.7. The largest absolute Gasteiger partial charge is 0.466 e. The molecule has 0 bridgehead atoms. The highest BCUT2D eigenvalue weighted by atomic mass is 16.5. The Bertz CT molecular complexity index is 918. The Morgan fingerprint density at radius 3 is 2.67 bits per heavy atom. The fraction of sp³-hybridized carbons (Fsp3) is 0.364. The van der Waals surface area contributed by atoms with Crippen molar-refractivity contribution in [3.8, 4) is 0 Å². The number of nitrogens with two attached hydrogens (primary N) is 1. The minimum absolute atomic E-state index is 0.0437. The molecule has 3 N–H and O–H groups in total. The molecule has 1 fully saturated rings. The van der Waals surface area contributed by atoms with Gasteiger partial charge in [0.25, 0.3) is 0 Å². The molecule has 30 heavy (non-hydrogen) atoms. The number of carbonyl (C=O) groups is 3. The van der Waals surface area contributed by atoms with Crippen molar-refractivity contribution in [2.24, 2.45) is 5.92 Å². The molecule has 3 amide bonds. The first-order valence-electron chi connectivity index (χ1n) is 9.95. The second kappa shape index (κ2) is 9.39. The van der Waals surface area contributed by atoms with Crippen molar-refractivity contribution >= 4 is 23.7 Å². The van der Waals surface area contributed by atoms with E-state index in [0.717, 1.165) is 16.0 Å². The Morgan fingerprint density at radius 2 is 2.00 bits per heavy atom. The lowest BCUT2D eigenvalue weighted by Gasteiger charge is -2.45. The molecule has 0 radical (unpaired) electrons. The maximum absolute atomic E-state index is 12.8. The van der Waals surface area contributed by atoms with Crippen molar-refractivity contribution in [2.45, 2.75) is 38.8 Å². The summed E-state index contributed by atoms with van der Waals surface area (Å²) in [6.45, 7) is 3.80. The van der Waals surface area contributed by atoms with Crippen LogP contribution in [0.15, 0.2) is 48.7 Å². The van der Waals surface area contributed by atoms with Gasteiger partial charge in [-0.1, -0.05) is 30.3 Å². The van der Waals surface area contributed by atoms with Gasteiger partial charge in [0.15, 0.2) is 0 Å². The van der Waals surface area contributed by atoms with Crippen molar-refractivity contribution in [1.82, 2.24) is 15.2 Å². The predicted molar refractivity (Wildman–Crippen MR) is 111 cm³/mol. The fourth-order valence-electron chi connectivity index (χ4n) is 3.66. The number of imide groups is 1. The summed E-state index contributed by atoms with van der Waals surface area (Å²) in [4.78, 5) is 42.8. The first-order valence-corrected chi connectivity index (χ1v) is 9.95. The van der Waals surface area contributed by atoms with Crippen LogP contribution in [0.1, 0.15) is 37.4 Å². The van der Waals surface area contributed by atoms with Crippen LogP contribution in [0.5, 0.6) is 0 Å². The molecule has 3 rings (SSSR count). The van der Waals surface area contributed by atoms with E-state index in [0.29, 0.717) is 12.2 Å². The average molecular weight is 410 g/mol. The number of aromatic nitrogens is 1. The van der Waals surface area contributed by atoms with E-state index in [-0.39, 0.29) is 25.0 Å². The number of esters is 1. The number of amides is 3. The molecule has 1 aliphatic heterocycles. The minimum atomic E-state index is -0.575. The van der Waals surface area contributed by atoms with E-state index in [2.05, 4.69) is 10.3 Å². The van der Waals surface area contributed by atoms with Gasteiger partial charge in [0.1, 0.15) is 5.82 Å². The lowest BCUT2D eigenvalue weighted by atomic mass is 9.81. The quantitative estimate of drug-likeness (QED) is 0.535. The van der Waals surface area contributed by atoms with E-state index in [1.165, 1.54) is 0 Å². The molecule has 1 aromatic heterocycles. The number of nitrogens with zero attached hydrogens (tertiary/aromatic N) is 2. The first kappa shape index (κ1) is 21.3. The third kappa shape index (κ3) is 4.76. The summed E-state index contributed by atoms with van der Waals surface area (Å²) >= 11 is 0. The molecule has 1 saturated heterocycles. The van der Waals surface area contributed by atoms with E-state index in [1.807, 2.05) is 37.3 Å². The molecule has 0 spiro atoms. The molecule has 8 heteroatoms. The van der Waals surface area contributed by atoms with Gasteiger partial charge >= 0.3 is 12.0 Å². The van der Waals surface area contributed by atoms with Crippen LogP contribution in [0, 0.1) is 5.92 Å². The molecule has 2 heterocycles. The number of urea groups is 1. The number of hydrogen-bond donors (Lipinski definition) is 2. The standard InChI is InChI=1S/C22H26N4O4/c1-3-30-20(27)13-18-17(11-15-9-10-24-19(23)12-15)21(28)26(18)22(29)25-14(2)16-7-5-4-6-8-16/h4-10,12,14,17-18H,3,11,13H2,1-2H3,(H2,23,24)(H,25,29)/t14-,17-,18-/m1/s1. The van der Waals surface area contributed by atoms with Gasteiger partial charge in [-0.05, 0) is 43.5 Å². The molecule has 3 atom stereocenters. The molecule has 1 aliphatic rings.